The number of ether oxygens (including phenoxy) is 1. The number of methoxy groups -OCH3 is 1. The van der Waals surface area contributed by atoms with E-state index >= 15 is 4.39 Å². The second-order valence-electron chi connectivity index (χ2n) is 9.58. The van der Waals surface area contributed by atoms with Crippen molar-refractivity contribution in [3.63, 3.8) is 0 Å². The van der Waals surface area contributed by atoms with E-state index in [2.05, 4.69) is 10.4 Å². The number of hydrogen-bond acceptors (Lipinski definition) is 6. The molecule has 0 bridgehead atoms. The molecular formula is C26H25FN6O4. The highest BCUT2D eigenvalue weighted by molar-refractivity contribution is 6.11. The third-order valence-corrected chi connectivity index (χ3v) is 7.36. The van der Waals surface area contributed by atoms with Gasteiger partial charge in [0.05, 0.1) is 13.7 Å². The van der Waals surface area contributed by atoms with Gasteiger partial charge in [0.15, 0.2) is 11.5 Å². The summed E-state index contributed by atoms with van der Waals surface area (Å²) in [6, 6.07) is 11.4. The number of piperazine rings is 1. The summed E-state index contributed by atoms with van der Waals surface area (Å²) in [6.07, 6.45) is 1.49. The Labute approximate surface area is 211 Å². The molecule has 0 unspecified atom stereocenters. The van der Waals surface area contributed by atoms with Crippen LogP contribution in [0.25, 0.3) is 5.69 Å². The first-order chi connectivity index (χ1) is 17.8. The van der Waals surface area contributed by atoms with Gasteiger partial charge < -0.3 is 25.6 Å². The van der Waals surface area contributed by atoms with E-state index in [1.807, 2.05) is 12.1 Å². The number of nitrogens with two attached hydrogens (primary N) is 1. The van der Waals surface area contributed by atoms with Gasteiger partial charge in [0.2, 0.25) is 5.91 Å². The lowest BCUT2D eigenvalue weighted by molar-refractivity contribution is -0.118. The molecule has 2 aliphatic heterocycles. The summed E-state index contributed by atoms with van der Waals surface area (Å²) >= 11 is 0. The summed E-state index contributed by atoms with van der Waals surface area (Å²) in [6.45, 7) is 1.90. The first kappa shape index (κ1) is 23.2. The predicted octanol–water partition coefficient (Wildman–Crippen LogP) is 1.75. The SMILES string of the molecule is COc1ccc(-n2nc(C(N)=O)c3c2C(=O)N(c2ccc(N4CCNCC4=O)cc2)CC32CC2)c(F)c1. The molecule has 3 amide bonds. The molecule has 1 saturated carbocycles. The van der Waals surface area contributed by atoms with Gasteiger partial charge in [-0.3, -0.25) is 14.4 Å². The van der Waals surface area contributed by atoms with E-state index in [0.717, 1.165) is 18.5 Å². The number of nitrogens with zero attached hydrogens (tertiary/aromatic N) is 4. The maximum Gasteiger partial charge on any atom is 0.277 e. The molecule has 10 nitrogen and oxygen atoms in total. The monoisotopic (exact) mass is 504 g/mol. The van der Waals surface area contributed by atoms with Crippen LogP contribution in [0, 0.1) is 5.82 Å². The number of carbonyl (C=O) groups is 3. The summed E-state index contributed by atoms with van der Waals surface area (Å²) < 4.78 is 21.4. The molecule has 11 heteroatoms. The van der Waals surface area contributed by atoms with E-state index in [-0.39, 0.29) is 29.5 Å². The van der Waals surface area contributed by atoms with Crippen LogP contribution in [0.4, 0.5) is 15.8 Å². The van der Waals surface area contributed by atoms with Crippen molar-refractivity contribution < 1.29 is 23.5 Å². The molecule has 37 heavy (non-hydrogen) atoms. The number of benzene rings is 2. The maximum absolute atomic E-state index is 15.1. The third-order valence-electron chi connectivity index (χ3n) is 7.36. The molecule has 3 aliphatic rings. The van der Waals surface area contributed by atoms with Crippen molar-refractivity contribution in [2.75, 3.05) is 43.1 Å². The molecule has 2 fully saturated rings. The van der Waals surface area contributed by atoms with E-state index in [1.54, 1.807) is 28.0 Å². The van der Waals surface area contributed by atoms with Crippen molar-refractivity contribution in [2.45, 2.75) is 18.3 Å². The van der Waals surface area contributed by atoms with Gasteiger partial charge >= 0.3 is 0 Å². The molecule has 3 heterocycles. The van der Waals surface area contributed by atoms with Crippen molar-refractivity contribution in [1.82, 2.24) is 15.1 Å². The Morgan fingerprint density at radius 3 is 2.41 bits per heavy atom. The van der Waals surface area contributed by atoms with E-state index in [1.165, 1.54) is 23.9 Å². The van der Waals surface area contributed by atoms with Gasteiger partial charge in [-0.2, -0.15) is 5.10 Å². The Morgan fingerprint density at radius 1 is 1.11 bits per heavy atom. The Kier molecular flexibility index (Phi) is 5.27. The summed E-state index contributed by atoms with van der Waals surface area (Å²) in [5.41, 5.74) is 7.19. The number of carbonyl (C=O) groups excluding carboxylic acids is 3. The Bertz CT molecular complexity index is 1450. The summed E-state index contributed by atoms with van der Waals surface area (Å²) in [5, 5.41) is 7.39. The van der Waals surface area contributed by atoms with Crippen LogP contribution in [0.2, 0.25) is 0 Å². The Hall–Kier alpha value is -4.25. The van der Waals surface area contributed by atoms with Crippen LogP contribution in [0.3, 0.4) is 0 Å². The van der Waals surface area contributed by atoms with Crippen LogP contribution in [0.5, 0.6) is 5.75 Å². The van der Waals surface area contributed by atoms with Crippen molar-refractivity contribution in [3.05, 3.63) is 65.2 Å². The van der Waals surface area contributed by atoms with E-state index < -0.39 is 23.0 Å². The average Bonchev–Trinajstić information content (AvgIpc) is 3.55. The van der Waals surface area contributed by atoms with Crippen LogP contribution in [-0.2, 0) is 10.2 Å². The highest BCUT2D eigenvalue weighted by atomic mass is 19.1. The van der Waals surface area contributed by atoms with Crippen molar-refractivity contribution >= 4 is 29.1 Å². The molecule has 1 saturated heterocycles. The normalized spacial score (nSPS) is 18.2. The van der Waals surface area contributed by atoms with Crippen LogP contribution >= 0.6 is 0 Å². The standard InChI is InChI=1S/C26H25FN6O4/c1-37-17-6-7-19(18(27)12-17)33-23-21(22(30-33)24(28)35)26(8-9-26)14-32(25(23)36)16-4-2-15(3-5-16)31-11-10-29-13-20(31)34/h2-7,12,29H,8-11,13-14H2,1H3,(H2,28,35). The Balaban J connectivity index is 1.43. The molecule has 3 N–H and O–H groups in total. The van der Waals surface area contributed by atoms with Gasteiger partial charge in [-0.15, -0.1) is 0 Å². The van der Waals surface area contributed by atoms with E-state index in [0.29, 0.717) is 36.6 Å². The maximum atomic E-state index is 15.1. The zero-order valence-electron chi connectivity index (χ0n) is 20.2. The highest BCUT2D eigenvalue weighted by Gasteiger charge is 2.56. The second-order valence-corrected chi connectivity index (χ2v) is 9.58. The van der Waals surface area contributed by atoms with Crippen LogP contribution in [0.15, 0.2) is 42.5 Å². The molecule has 1 spiro atoms. The number of aromatic nitrogens is 2. The second kappa shape index (κ2) is 8.41. The molecule has 2 aromatic carbocycles. The number of amides is 3. The number of hydrogen-bond donors (Lipinski definition) is 2. The molecule has 0 atom stereocenters. The van der Waals surface area contributed by atoms with Gasteiger partial charge in [0.25, 0.3) is 11.8 Å². The van der Waals surface area contributed by atoms with Crippen molar-refractivity contribution in [2.24, 2.45) is 5.73 Å². The molecule has 3 aromatic rings. The number of halogens is 1. The third kappa shape index (κ3) is 3.65. The molecule has 190 valence electrons. The minimum atomic E-state index is -0.763. The summed E-state index contributed by atoms with van der Waals surface area (Å²) in [7, 11) is 1.43. The zero-order chi connectivity index (χ0) is 25.9. The van der Waals surface area contributed by atoms with Gasteiger partial charge in [-0.1, -0.05) is 0 Å². The Morgan fingerprint density at radius 2 is 1.81 bits per heavy atom. The lowest BCUT2D eigenvalue weighted by Crippen LogP contribution is -2.48. The molecular weight excluding hydrogens is 479 g/mol. The first-order valence-corrected chi connectivity index (χ1v) is 12.0. The number of primary amides is 1. The van der Waals surface area contributed by atoms with Crippen molar-refractivity contribution in [1.29, 1.82) is 0 Å². The van der Waals surface area contributed by atoms with Crippen LogP contribution in [-0.4, -0.2) is 60.8 Å². The molecule has 6 rings (SSSR count). The smallest absolute Gasteiger partial charge is 0.277 e. The van der Waals surface area contributed by atoms with Crippen molar-refractivity contribution in [3.8, 4) is 11.4 Å². The topological polar surface area (TPSA) is 123 Å². The number of rotatable bonds is 5. The largest absolute Gasteiger partial charge is 0.497 e. The van der Waals surface area contributed by atoms with E-state index in [9.17, 15) is 14.4 Å². The minimum absolute atomic E-state index is 0.0108. The van der Waals surface area contributed by atoms with Gasteiger partial charge in [0, 0.05) is 48.1 Å². The average molecular weight is 505 g/mol. The predicted molar refractivity (Wildman–Crippen MR) is 133 cm³/mol. The van der Waals surface area contributed by atoms with Crippen LogP contribution in [0.1, 0.15) is 39.4 Å². The summed E-state index contributed by atoms with van der Waals surface area (Å²) in [5.74, 6) is -1.53. The highest BCUT2D eigenvalue weighted by Crippen LogP contribution is 2.54. The minimum Gasteiger partial charge on any atom is -0.497 e. The zero-order valence-corrected chi connectivity index (χ0v) is 20.2. The fourth-order valence-corrected chi connectivity index (χ4v) is 5.29. The molecule has 1 aromatic heterocycles. The van der Waals surface area contributed by atoms with E-state index in [4.69, 9.17) is 10.5 Å². The fourth-order valence-electron chi connectivity index (χ4n) is 5.29. The number of anilines is 2. The van der Waals surface area contributed by atoms with Crippen LogP contribution < -0.4 is 25.6 Å². The molecule has 0 radical (unpaired) electrons. The quantitative estimate of drug-likeness (QED) is 0.546. The van der Waals surface area contributed by atoms with Gasteiger partial charge in [-0.25, -0.2) is 9.07 Å². The summed E-state index contributed by atoms with van der Waals surface area (Å²) in [4.78, 5) is 41.9. The fraction of sp³-hybridized carbons (Fsp3) is 0.308. The molecule has 1 aliphatic carbocycles. The lowest BCUT2D eigenvalue weighted by Gasteiger charge is -2.34. The first-order valence-electron chi connectivity index (χ1n) is 12.0. The number of nitrogens with one attached hydrogen (secondary N) is 1. The lowest BCUT2D eigenvalue weighted by atomic mass is 9.88. The van der Waals surface area contributed by atoms with Gasteiger partial charge in [-0.05, 0) is 49.2 Å². The number of fused-ring (bicyclic) bond motifs is 2. The van der Waals surface area contributed by atoms with Gasteiger partial charge in [0.1, 0.15) is 17.1 Å².